The second-order valence-electron chi connectivity index (χ2n) is 5.60. The molecule has 0 bridgehead atoms. The van der Waals surface area contributed by atoms with E-state index in [9.17, 15) is 8.42 Å². The molecule has 0 unspecified atom stereocenters. The standard InChI is InChI=1S/C17H15Cl2N3O3S/c1-22(26(23,24)11-12-6-2-4-8-14(12)18)10-16-20-17(21-25-16)13-7-3-5-9-15(13)19/h2-9H,10-11H2,1H3. The van der Waals surface area contributed by atoms with Crippen LogP contribution >= 0.6 is 23.2 Å². The molecule has 0 aliphatic carbocycles. The molecule has 9 heteroatoms. The third-order valence-corrected chi connectivity index (χ3v) is 6.16. The molecule has 6 nitrogen and oxygen atoms in total. The van der Waals surface area contributed by atoms with E-state index in [-0.39, 0.29) is 18.2 Å². The molecule has 1 heterocycles. The van der Waals surface area contributed by atoms with Gasteiger partial charge in [0.2, 0.25) is 21.7 Å². The normalized spacial score (nSPS) is 11.8. The number of benzene rings is 2. The van der Waals surface area contributed by atoms with Gasteiger partial charge in [0.25, 0.3) is 0 Å². The Kier molecular flexibility index (Phi) is 5.62. The van der Waals surface area contributed by atoms with E-state index in [0.717, 1.165) is 4.31 Å². The van der Waals surface area contributed by atoms with Crippen molar-refractivity contribution in [1.82, 2.24) is 14.4 Å². The van der Waals surface area contributed by atoms with Crippen LogP contribution in [0.1, 0.15) is 11.5 Å². The van der Waals surface area contributed by atoms with Gasteiger partial charge >= 0.3 is 0 Å². The summed E-state index contributed by atoms with van der Waals surface area (Å²) < 4.78 is 31.4. The Bertz CT molecular complexity index is 1020. The molecule has 26 heavy (non-hydrogen) atoms. The fraction of sp³-hybridized carbons (Fsp3) is 0.176. The first-order valence-corrected chi connectivity index (χ1v) is 9.98. The molecule has 0 radical (unpaired) electrons. The van der Waals surface area contributed by atoms with Gasteiger partial charge < -0.3 is 4.52 Å². The topological polar surface area (TPSA) is 76.3 Å². The molecule has 0 saturated carbocycles. The first kappa shape index (κ1) is 18.8. The first-order valence-electron chi connectivity index (χ1n) is 7.62. The second kappa shape index (κ2) is 7.75. The molecule has 0 atom stereocenters. The van der Waals surface area contributed by atoms with Crippen molar-refractivity contribution in [3.8, 4) is 11.4 Å². The minimum Gasteiger partial charge on any atom is -0.338 e. The minimum atomic E-state index is -3.60. The van der Waals surface area contributed by atoms with Crippen LogP contribution in [-0.4, -0.2) is 29.9 Å². The predicted octanol–water partition coefficient (Wildman–Crippen LogP) is 4.01. The third-order valence-electron chi connectivity index (χ3n) is 3.71. The van der Waals surface area contributed by atoms with E-state index < -0.39 is 10.0 Å². The molecular weight excluding hydrogens is 397 g/mol. The third kappa shape index (κ3) is 4.24. The summed E-state index contributed by atoms with van der Waals surface area (Å²) in [4.78, 5) is 4.23. The van der Waals surface area contributed by atoms with Crippen molar-refractivity contribution in [1.29, 1.82) is 0 Å². The van der Waals surface area contributed by atoms with Gasteiger partial charge in [-0.25, -0.2) is 8.42 Å². The molecule has 136 valence electrons. The van der Waals surface area contributed by atoms with Crippen LogP contribution in [0.3, 0.4) is 0 Å². The maximum absolute atomic E-state index is 12.5. The van der Waals surface area contributed by atoms with Crippen LogP contribution in [-0.2, 0) is 22.3 Å². The number of nitrogens with zero attached hydrogens (tertiary/aromatic N) is 3. The van der Waals surface area contributed by atoms with Crippen molar-refractivity contribution >= 4 is 33.2 Å². The number of hydrogen-bond donors (Lipinski definition) is 0. The van der Waals surface area contributed by atoms with Crippen molar-refractivity contribution in [3.63, 3.8) is 0 Å². The number of aromatic nitrogens is 2. The Morgan fingerprint density at radius 1 is 1.04 bits per heavy atom. The Hall–Kier alpha value is -1.93. The van der Waals surface area contributed by atoms with E-state index >= 15 is 0 Å². The van der Waals surface area contributed by atoms with E-state index in [0.29, 0.717) is 27.0 Å². The Morgan fingerprint density at radius 2 is 1.69 bits per heavy atom. The summed E-state index contributed by atoms with van der Waals surface area (Å²) in [6.07, 6.45) is 0. The van der Waals surface area contributed by atoms with Crippen LogP contribution in [0.15, 0.2) is 53.1 Å². The van der Waals surface area contributed by atoms with Crippen molar-refractivity contribution in [2.24, 2.45) is 0 Å². The van der Waals surface area contributed by atoms with Crippen LogP contribution in [0.2, 0.25) is 10.0 Å². The lowest BCUT2D eigenvalue weighted by Gasteiger charge is -2.15. The highest BCUT2D eigenvalue weighted by Crippen LogP contribution is 2.25. The van der Waals surface area contributed by atoms with E-state index in [1.807, 2.05) is 0 Å². The minimum absolute atomic E-state index is 0.0514. The highest BCUT2D eigenvalue weighted by atomic mass is 35.5. The highest BCUT2D eigenvalue weighted by Gasteiger charge is 2.22. The number of rotatable bonds is 6. The Labute approximate surface area is 161 Å². The first-order chi connectivity index (χ1) is 12.4. The highest BCUT2D eigenvalue weighted by molar-refractivity contribution is 7.88. The molecule has 3 aromatic rings. The number of sulfonamides is 1. The zero-order chi connectivity index (χ0) is 18.7. The molecule has 0 aliphatic rings. The zero-order valence-corrected chi connectivity index (χ0v) is 16.1. The van der Waals surface area contributed by atoms with Crippen LogP contribution < -0.4 is 0 Å². The van der Waals surface area contributed by atoms with Gasteiger partial charge in [0, 0.05) is 17.6 Å². The van der Waals surface area contributed by atoms with Gasteiger partial charge in [-0.05, 0) is 23.8 Å². The molecule has 2 aromatic carbocycles. The van der Waals surface area contributed by atoms with Crippen LogP contribution in [0.5, 0.6) is 0 Å². The molecule has 0 N–H and O–H groups in total. The summed E-state index contributed by atoms with van der Waals surface area (Å²) in [5.74, 6) is 0.266. The quantitative estimate of drug-likeness (QED) is 0.612. The number of hydrogen-bond acceptors (Lipinski definition) is 5. The smallest absolute Gasteiger partial charge is 0.242 e. The SMILES string of the molecule is CN(Cc1nc(-c2ccccc2Cl)no1)S(=O)(=O)Cc1ccccc1Cl. The van der Waals surface area contributed by atoms with E-state index in [1.54, 1.807) is 48.5 Å². The fourth-order valence-electron chi connectivity index (χ4n) is 2.28. The summed E-state index contributed by atoms with van der Waals surface area (Å²) in [7, 11) is -2.15. The summed E-state index contributed by atoms with van der Waals surface area (Å²) in [6, 6.07) is 13.9. The summed E-state index contributed by atoms with van der Waals surface area (Å²) in [6.45, 7) is -0.0514. The van der Waals surface area contributed by atoms with Crippen molar-refractivity contribution < 1.29 is 12.9 Å². The van der Waals surface area contributed by atoms with Crippen molar-refractivity contribution in [2.75, 3.05) is 7.05 Å². The van der Waals surface area contributed by atoms with Gasteiger partial charge in [0.15, 0.2) is 0 Å². The average Bonchev–Trinajstić information content (AvgIpc) is 3.05. The molecule has 0 spiro atoms. The largest absolute Gasteiger partial charge is 0.338 e. The van der Waals surface area contributed by atoms with Crippen LogP contribution in [0.4, 0.5) is 0 Å². The van der Waals surface area contributed by atoms with Gasteiger partial charge in [0.05, 0.1) is 17.3 Å². The monoisotopic (exact) mass is 411 g/mol. The van der Waals surface area contributed by atoms with Gasteiger partial charge in [-0.1, -0.05) is 58.7 Å². The lowest BCUT2D eigenvalue weighted by atomic mass is 10.2. The van der Waals surface area contributed by atoms with E-state index in [4.69, 9.17) is 27.7 Å². The van der Waals surface area contributed by atoms with E-state index in [1.165, 1.54) is 7.05 Å². The summed E-state index contributed by atoms with van der Waals surface area (Å²) >= 11 is 12.2. The fourth-order valence-corrected chi connectivity index (χ4v) is 3.96. The lowest BCUT2D eigenvalue weighted by Crippen LogP contribution is -2.28. The van der Waals surface area contributed by atoms with Crippen LogP contribution in [0.25, 0.3) is 11.4 Å². The predicted molar refractivity (Wildman–Crippen MR) is 100 cm³/mol. The maximum atomic E-state index is 12.5. The average molecular weight is 412 g/mol. The molecule has 0 fully saturated rings. The van der Waals surface area contributed by atoms with Gasteiger partial charge in [-0.3, -0.25) is 0 Å². The molecule has 0 saturated heterocycles. The van der Waals surface area contributed by atoms with Gasteiger partial charge in [-0.2, -0.15) is 9.29 Å². The Balaban J connectivity index is 1.75. The molecular formula is C17H15Cl2N3O3S. The number of halogens is 2. The summed E-state index contributed by atoms with van der Waals surface area (Å²) in [5.41, 5.74) is 1.15. The Morgan fingerprint density at radius 3 is 2.38 bits per heavy atom. The molecule has 0 aliphatic heterocycles. The summed E-state index contributed by atoms with van der Waals surface area (Å²) in [5, 5.41) is 4.76. The molecule has 0 amide bonds. The second-order valence-corrected chi connectivity index (χ2v) is 8.49. The van der Waals surface area contributed by atoms with Crippen molar-refractivity contribution in [2.45, 2.75) is 12.3 Å². The zero-order valence-electron chi connectivity index (χ0n) is 13.8. The van der Waals surface area contributed by atoms with Crippen molar-refractivity contribution in [3.05, 3.63) is 70.0 Å². The van der Waals surface area contributed by atoms with E-state index in [2.05, 4.69) is 10.1 Å². The molecule has 1 aromatic heterocycles. The van der Waals surface area contributed by atoms with Gasteiger partial charge in [0.1, 0.15) is 0 Å². The molecule has 3 rings (SSSR count). The lowest BCUT2D eigenvalue weighted by molar-refractivity contribution is 0.336. The van der Waals surface area contributed by atoms with Gasteiger partial charge in [-0.15, -0.1) is 0 Å². The van der Waals surface area contributed by atoms with Crippen LogP contribution in [0, 0.1) is 0 Å². The maximum Gasteiger partial charge on any atom is 0.242 e.